The molecule has 4 nitrogen and oxygen atoms in total. The molecule has 0 saturated carbocycles. The Bertz CT molecular complexity index is 491. The van der Waals surface area contributed by atoms with Crippen molar-refractivity contribution >= 4 is 5.91 Å². The Kier molecular flexibility index (Phi) is 4.17. The van der Waals surface area contributed by atoms with E-state index in [1.54, 1.807) is 6.07 Å². The van der Waals surface area contributed by atoms with Gasteiger partial charge in [-0.2, -0.15) is 0 Å². The van der Waals surface area contributed by atoms with E-state index in [1.165, 1.54) is 23.1 Å². The fourth-order valence-corrected chi connectivity index (χ4v) is 2.23. The Balaban J connectivity index is 2.12. The molecule has 1 aromatic rings. The van der Waals surface area contributed by atoms with Gasteiger partial charge in [-0.1, -0.05) is 18.2 Å². The molecular weight excluding hydrogens is 273 g/mol. The minimum Gasteiger partial charge on any atom is -0.405 e. The molecule has 1 fully saturated rings. The van der Waals surface area contributed by atoms with Crippen LogP contribution in [0.3, 0.4) is 0 Å². The van der Waals surface area contributed by atoms with Crippen molar-refractivity contribution in [1.29, 1.82) is 0 Å². The lowest BCUT2D eigenvalue weighted by atomic mass is 10.1. The topological polar surface area (TPSA) is 55.6 Å². The van der Waals surface area contributed by atoms with Gasteiger partial charge in [0, 0.05) is 25.1 Å². The number of ether oxygens (including phenoxy) is 1. The molecule has 1 heterocycles. The van der Waals surface area contributed by atoms with E-state index in [2.05, 4.69) is 4.74 Å². The summed E-state index contributed by atoms with van der Waals surface area (Å²) >= 11 is 0. The highest BCUT2D eigenvalue weighted by Crippen LogP contribution is 2.28. The molecule has 110 valence electrons. The molecule has 7 heteroatoms. The van der Waals surface area contributed by atoms with Crippen molar-refractivity contribution in [2.24, 2.45) is 11.7 Å². The van der Waals surface area contributed by atoms with E-state index < -0.39 is 6.36 Å². The molecule has 20 heavy (non-hydrogen) atoms. The minimum atomic E-state index is -4.75. The Labute approximate surface area is 114 Å². The summed E-state index contributed by atoms with van der Waals surface area (Å²) in [6.07, 6.45) is -4.40. The number of carbonyl (C=O) groups is 1. The smallest absolute Gasteiger partial charge is 0.405 e. The maximum Gasteiger partial charge on any atom is 0.573 e. The fraction of sp³-hybridized carbons (Fsp3) is 0.462. The summed E-state index contributed by atoms with van der Waals surface area (Å²) in [5, 5.41) is 0. The van der Waals surface area contributed by atoms with Crippen molar-refractivity contribution in [3.05, 3.63) is 29.8 Å². The number of benzene rings is 1. The van der Waals surface area contributed by atoms with Gasteiger partial charge in [-0.3, -0.25) is 4.79 Å². The first kappa shape index (κ1) is 14.6. The van der Waals surface area contributed by atoms with E-state index in [1.807, 2.05) is 0 Å². The highest BCUT2D eigenvalue weighted by Gasteiger charge is 2.33. The van der Waals surface area contributed by atoms with Gasteiger partial charge in [0.2, 0.25) is 5.91 Å². The van der Waals surface area contributed by atoms with Gasteiger partial charge in [0.15, 0.2) is 0 Å². The van der Waals surface area contributed by atoms with Crippen LogP contribution in [0.2, 0.25) is 0 Å². The Morgan fingerprint density at radius 1 is 1.35 bits per heavy atom. The number of nitrogens with two attached hydrogens (primary N) is 1. The molecule has 0 aromatic heterocycles. The van der Waals surface area contributed by atoms with Crippen LogP contribution in [-0.2, 0) is 11.3 Å². The standard InChI is InChI=1S/C13H15F3N2O2/c14-13(15,16)20-11-4-2-1-3-10(11)8-18-7-9(6-17)5-12(18)19/h1-4,9H,5-8,17H2. The van der Waals surface area contributed by atoms with E-state index in [9.17, 15) is 18.0 Å². The molecule has 2 N–H and O–H groups in total. The Hall–Kier alpha value is -1.76. The molecule has 2 rings (SSSR count). The molecule has 0 spiro atoms. The molecule has 1 amide bonds. The Morgan fingerprint density at radius 3 is 2.65 bits per heavy atom. The van der Waals surface area contributed by atoms with Crippen molar-refractivity contribution in [1.82, 2.24) is 4.90 Å². The first-order valence-corrected chi connectivity index (χ1v) is 6.20. The summed E-state index contributed by atoms with van der Waals surface area (Å²) < 4.78 is 40.9. The summed E-state index contributed by atoms with van der Waals surface area (Å²) in [4.78, 5) is 13.3. The van der Waals surface area contributed by atoms with Crippen LogP contribution in [0.15, 0.2) is 24.3 Å². The van der Waals surface area contributed by atoms with E-state index in [4.69, 9.17) is 5.73 Å². The van der Waals surface area contributed by atoms with Crippen molar-refractivity contribution in [3.63, 3.8) is 0 Å². The zero-order valence-electron chi connectivity index (χ0n) is 10.7. The number of alkyl halides is 3. The SMILES string of the molecule is NCC1CC(=O)N(Cc2ccccc2OC(F)(F)F)C1. The van der Waals surface area contributed by atoms with E-state index in [0.29, 0.717) is 25.1 Å². The van der Waals surface area contributed by atoms with Gasteiger partial charge in [0.05, 0.1) is 0 Å². The van der Waals surface area contributed by atoms with Gasteiger partial charge in [-0.25, -0.2) is 0 Å². The molecule has 1 aromatic carbocycles. The van der Waals surface area contributed by atoms with Crippen LogP contribution in [0.25, 0.3) is 0 Å². The van der Waals surface area contributed by atoms with Crippen molar-refractivity contribution < 1.29 is 22.7 Å². The maximum absolute atomic E-state index is 12.3. The third kappa shape index (κ3) is 3.63. The molecule has 1 aliphatic heterocycles. The van der Waals surface area contributed by atoms with Crippen molar-refractivity contribution in [2.45, 2.75) is 19.3 Å². The first-order chi connectivity index (χ1) is 9.39. The van der Waals surface area contributed by atoms with Gasteiger partial charge < -0.3 is 15.4 Å². The van der Waals surface area contributed by atoms with Gasteiger partial charge >= 0.3 is 6.36 Å². The fourth-order valence-electron chi connectivity index (χ4n) is 2.23. The molecule has 1 saturated heterocycles. The number of hydrogen-bond acceptors (Lipinski definition) is 3. The molecule has 0 radical (unpaired) electrons. The number of hydrogen-bond donors (Lipinski definition) is 1. The zero-order valence-corrected chi connectivity index (χ0v) is 10.7. The normalized spacial score (nSPS) is 19.5. The third-order valence-corrected chi connectivity index (χ3v) is 3.19. The predicted octanol–water partition coefficient (Wildman–Crippen LogP) is 1.89. The summed E-state index contributed by atoms with van der Waals surface area (Å²) in [6.45, 7) is 0.959. The third-order valence-electron chi connectivity index (χ3n) is 3.19. The van der Waals surface area contributed by atoms with Crippen LogP contribution in [0.5, 0.6) is 5.75 Å². The molecule has 0 bridgehead atoms. The summed E-state index contributed by atoms with van der Waals surface area (Å²) in [5.74, 6) is -0.301. The van der Waals surface area contributed by atoms with E-state index in [-0.39, 0.29) is 24.1 Å². The van der Waals surface area contributed by atoms with E-state index in [0.717, 1.165) is 0 Å². The molecule has 1 unspecified atom stereocenters. The minimum absolute atomic E-state index is 0.0678. The number of carbonyl (C=O) groups excluding carboxylic acids is 1. The highest BCUT2D eigenvalue weighted by atomic mass is 19.4. The van der Waals surface area contributed by atoms with Gasteiger partial charge in [-0.05, 0) is 18.5 Å². The lowest BCUT2D eigenvalue weighted by Gasteiger charge is -2.19. The van der Waals surface area contributed by atoms with Crippen molar-refractivity contribution in [2.75, 3.05) is 13.1 Å². The van der Waals surface area contributed by atoms with Crippen LogP contribution < -0.4 is 10.5 Å². The van der Waals surface area contributed by atoms with Crippen LogP contribution in [0.4, 0.5) is 13.2 Å². The average molecular weight is 288 g/mol. The number of halogens is 3. The number of para-hydroxylation sites is 1. The van der Waals surface area contributed by atoms with Crippen LogP contribution in [0.1, 0.15) is 12.0 Å². The van der Waals surface area contributed by atoms with Crippen LogP contribution >= 0.6 is 0 Å². The lowest BCUT2D eigenvalue weighted by Crippen LogP contribution is -2.26. The van der Waals surface area contributed by atoms with Crippen molar-refractivity contribution in [3.8, 4) is 5.75 Å². The Morgan fingerprint density at radius 2 is 2.05 bits per heavy atom. The van der Waals surface area contributed by atoms with Gasteiger partial charge in [0.1, 0.15) is 5.75 Å². The quantitative estimate of drug-likeness (QED) is 0.920. The molecule has 1 aliphatic rings. The predicted molar refractivity (Wildman–Crippen MR) is 65.7 cm³/mol. The highest BCUT2D eigenvalue weighted by molar-refractivity contribution is 5.78. The second kappa shape index (κ2) is 5.70. The number of likely N-dealkylation sites (tertiary alicyclic amines) is 1. The molecule has 1 atom stereocenters. The van der Waals surface area contributed by atoms with Gasteiger partial charge in [-0.15, -0.1) is 13.2 Å². The van der Waals surface area contributed by atoms with Crippen LogP contribution in [-0.4, -0.2) is 30.3 Å². The maximum atomic E-state index is 12.3. The molecule has 0 aliphatic carbocycles. The van der Waals surface area contributed by atoms with Crippen LogP contribution in [0, 0.1) is 5.92 Å². The lowest BCUT2D eigenvalue weighted by molar-refractivity contribution is -0.275. The molecular formula is C13H15F3N2O2. The first-order valence-electron chi connectivity index (χ1n) is 6.20. The summed E-state index contributed by atoms with van der Waals surface area (Å²) in [6, 6.07) is 5.83. The zero-order chi connectivity index (χ0) is 14.8. The number of amides is 1. The monoisotopic (exact) mass is 288 g/mol. The largest absolute Gasteiger partial charge is 0.573 e. The van der Waals surface area contributed by atoms with Gasteiger partial charge in [0.25, 0.3) is 0 Å². The summed E-state index contributed by atoms with van der Waals surface area (Å²) in [7, 11) is 0. The number of rotatable bonds is 4. The van der Waals surface area contributed by atoms with E-state index >= 15 is 0 Å². The second-order valence-corrected chi connectivity index (χ2v) is 4.74. The number of nitrogens with zero attached hydrogens (tertiary/aromatic N) is 1. The summed E-state index contributed by atoms with van der Waals surface area (Å²) in [5.41, 5.74) is 5.84. The second-order valence-electron chi connectivity index (χ2n) is 4.74. The average Bonchev–Trinajstić information content (AvgIpc) is 2.71.